The summed E-state index contributed by atoms with van der Waals surface area (Å²) < 4.78 is 1.77. The van der Waals surface area contributed by atoms with Crippen molar-refractivity contribution in [3.8, 4) is 0 Å². The predicted molar refractivity (Wildman–Crippen MR) is 110 cm³/mol. The van der Waals surface area contributed by atoms with E-state index in [1.54, 1.807) is 16.4 Å². The summed E-state index contributed by atoms with van der Waals surface area (Å²) in [7, 11) is 0. The van der Waals surface area contributed by atoms with E-state index >= 15 is 0 Å². The van der Waals surface area contributed by atoms with Crippen LogP contribution in [0.1, 0.15) is 56.3 Å². The van der Waals surface area contributed by atoms with E-state index in [-0.39, 0.29) is 11.3 Å². The highest BCUT2D eigenvalue weighted by Gasteiger charge is 2.51. The van der Waals surface area contributed by atoms with Crippen LogP contribution in [0.15, 0.2) is 35.5 Å². The topological polar surface area (TPSA) is 59.8 Å². The lowest BCUT2D eigenvalue weighted by Crippen LogP contribution is -2.47. The molecule has 0 atom stereocenters. The first-order valence-electron chi connectivity index (χ1n) is 10.5. The molecule has 6 rings (SSSR count). The van der Waals surface area contributed by atoms with E-state index in [4.69, 9.17) is 0 Å². The maximum Gasteiger partial charge on any atom is 0.239 e. The van der Waals surface area contributed by atoms with Crippen LogP contribution in [-0.2, 0) is 10.5 Å². The van der Waals surface area contributed by atoms with E-state index in [1.807, 2.05) is 25.1 Å². The molecule has 2 aromatic rings. The van der Waals surface area contributed by atoms with E-state index in [0.29, 0.717) is 6.42 Å². The van der Waals surface area contributed by atoms with E-state index in [1.165, 1.54) is 44.1 Å². The van der Waals surface area contributed by atoms with Gasteiger partial charge >= 0.3 is 0 Å². The van der Waals surface area contributed by atoms with Gasteiger partial charge in [-0.25, -0.2) is 4.68 Å². The monoisotopic (exact) mass is 396 g/mol. The largest absolute Gasteiger partial charge is 0.273 e. The zero-order chi connectivity index (χ0) is 19.1. The van der Waals surface area contributed by atoms with Gasteiger partial charge < -0.3 is 0 Å². The lowest BCUT2D eigenvalue weighted by Gasteiger charge is -2.56. The molecule has 4 aliphatic rings. The minimum atomic E-state index is 0.117. The highest BCUT2D eigenvalue weighted by atomic mass is 32.2. The molecule has 0 spiro atoms. The molecule has 0 unspecified atom stereocenters. The summed E-state index contributed by atoms with van der Waals surface area (Å²) in [5.41, 5.74) is 4.59. The van der Waals surface area contributed by atoms with Gasteiger partial charge in [0.25, 0.3) is 0 Å². The predicted octanol–water partition coefficient (Wildman–Crippen LogP) is 4.56. The second kappa shape index (κ2) is 7.21. The SMILES string of the molecule is Cc1nnc(SCc2ccccc2)n1NC(=O)CC12CC3CC(CC(C3)C1)C2. The van der Waals surface area contributed by atoms with Gasteiger partial charge in [0.05, 0.1) is 0 Å². The molecule has 0 saturated heterocycles. The van der Waals surface area contributed by atoms with Crippen molar-refractivity contribution in [2.45, 2.75) is 62.8 Å². The highest BCUT2D eigenvalue weighted by Crippen LogP contribution is 2.61. The molecule has 1 heterocycles. The first-order chi connectivity index (χ1) is 13.6. The molecule has 1 aromatic heterocycles. The van der Waals surface area contributed by atoms with Crippen molar-refractivity contribution in [1.29, 1.82) is 0 Å². The third-order valence-electron chi connectivity index (χ3n) is 6.94. The maximum atomic E-state index is 13.0. The second-order valence-electron chi connectivity index (χ2n) is 9.27. The molecule has 4 bridgehead atoms. The zero-order valence-electron chi connectivity index (χ0n) is 16.4. The molecule has 0 radical (unpaired) electrons. The van der Waals surface area contributed by atoms with Gasteiger partial charge in [0, 0.05) is 12.2 Å². The van der Waals surface area contributed by atoms with Crippen molar-refractivity contribution < 1.29 is 4.79 Å². The highest BCUT2D eigenvalue weighted by molar-refractivity contribution is 7.98. The van der Waals surface area contributed by atoms with E-state index in [0.717, 1.165) is 34.5 Å². The van der Waals surface area contributed by atoms with E-state index in [9.17, 15) is 4.79 Å². The van der Waals surface area contributed by atoms with Crippen molar-refractivity contribution in [3.05, 3.63) is 41.7 Å². The number of benzene rings is 1. The molecular formula is C22H28N4OS. The van der Waals surface area contributed by atoms with Crippen molar-refractivity contribution in [3.63, 3.8) is 0 Å². The summed E-state index contributed by atoms with van der Waals surface area (Å²) >= 11 is 1.61. The molecule has 1 N–H and O–H groups in total. The number of aryl methyl sites for hydroxylation is 1. The Balaban J connectivity index is 1.25. The minimum absolute atomic E-state index is 0.117. The van der Waals surface area contributed by atoms with Crippen LogP contribution in [0.2, 0.25) is 0 Å². The van der Waals surface area contributed by atoms with E-state index in [2.05, 4.69) is 27.8 Å². The zero-order valence-corrected chi connectivity index (χ0v) is 17.3. The number of rotatable bonds is 6. The fourth-order valence-electron chi connectivity index (χ4n) is 6.30. The number of carbonyl (C=O) groups is 1. The number of hydrogen-bond acceptors (Lipinski definition) is 4. The summed E-state index contributed by atoms with van der Waals surface area (Å²) in [5.74, 6) is 4.26. The van der Waals surface area contributed by atoms with Gasteiger partial charge in [-0.3, -0.25) is 10.2 Å². The molecule has 6 heteroatoms. The number of carbonyl (C=O) groups excluding carboxylic acids is 1. The van der Waals surface area contributed by atoms with Crippen LogP contribution in [0.5, 0.6) is 0 Å². The Labute approximate surface area is 170 Å². The van der Waals surface area contributed by atoms with Crippen LogP contribution in [0.3, 0.4) is 0 Å². The average molecular weight is 397 g/mol. The Morgan fingerprint density at radius 2 is 1.75 bits per heavy atom. The Morgan fingerprint density at radius 1 is 1.11 bits per heavy atom. The van der Waals surface area contributed by atoms with Gasteiger partial charge in [-0.05, 0) is 74.2 Å². The van der Waals surface area contributed by atoms with Gasteiger partial charge in [0.15, 0.2) is 0 Å². The smallest absolute Gasteiger partial charge is 0.239 e. The molecule has 0 aliphatic heterocycles. The Bertz CT molecular complexity index is 827. The van der Waals surface area contributed by atoms with Gasteiger partial charge in [-0.15, -0.1) is 10.2 Å². The van der Waals surface area contributed by atoms with Gasteiger partial charge in [-0.2, -0.15) is 0 Å². The molecular weight excluding hydrogens is 368 g/mol. The van der Waals surface area contributed by atoms with Crippen LogP contribution in [0, 0.1) is 30.1 Å². The summed E-state index contributed by atoms with van der Waals surface area (Å²) in [5, 5.41) is 9.21. The lowest BCUT2D eigenvalue weighted by molar-refractivity contribution is -0.125. The second-order valence-corrected chi connectivity index (χ2v) is 10.2. The Kier molecular flexibility index (Phi) is 4.69. The molecule has 4 saturated carbocycles. The molecule has 148 valence electrons. The first-order valence-corrected chi connectivity index (χ1v) is 11.5. The quantitative estimate of drug-likeness (QED) is 0.728. The van der Waals surface area contributed by atoms with Crippen LogP contribution >= 0.6 is 11.8 Å². The number of nitrogens with zero attached hydrogens (tertiary/aromatic N) is 3. The number of hydrogen-bond donors (Lipinski definition) is 1. The fourth-order valence-corrected chi connectivity index (χ4v) is 7.19. The van der Waals surface area contributed by atoms with Crippen molar-refractivity contribution in [1.82, 2.24) is 14.9 Å². The molecule has 4 fully saturated rings. The minimum Gasteiger partial charge on any atom is -0.273 e. The van der Waals surface area contributed by atoms with Crippen LogP contribution < -0.4 is 5.43 Å². The first kappa shape index (κ1) is 18.2. The van der Waals surface area contributed by atoms with Crippen molar-refractivity contribution >= 4 is 17.7 Å². The fraction of sp³-hybridized carbons (Fsp3) is 0.591. The van der Waals surface area contributed by atoms with Gasteiger partial charge in [0.1, 0.15) is 5.82 Å². The normalized spacial score (nSPS) is 30.5. The standard InChI is InChI=1S/C22H28N4OS/c1-15-23-24-21(28-14-16-5-3-2-4-6-16)26(15)25-20(27)13-22-10-17-7-18(11-22)9-19(8-17)12-22/h2-6,17-19H,7-14H2,1H3,(H,25,27). The molecule has 1 aromatic carbocycles. The third kappa shape index (κ3) is 3.59. The molecule has 1 amide bonds. The lowest BCUT2D eigenvalue weighted by atomic mass is 9.49. The summed E-state index contributed by atoms with van der Waals surface area (Å²) in [6.45, 7) is 1.89. The van der Waals surface area contributed by atoms with Gasteiger partial charge in [-0.1, -0.05) is 42.1 Å². The molecule has 5 nitrogen and oxygen atoms in total. The summed E-state index contributed by atoms with van der Waals surface area (Å²) in [6.07, 6.45) is 8.63. The molecule has 4 aliphatic carbocycles. The Morgan fingerprint density at radius 3 is 2.39 bits per heavy atom. The van der Waals surface area contributed by atoms with Crippen molar-refractivity contribution in [2.24, 2.45) is 23.2 Å². The average Bonchev–Trinajstić information content (AvgIpc) is 2.99. The van der Waals surface area contributed by atoms with Crippen LogP contribution in [0.25, 0.3) is 0 Å². The maximum absolute atomic E-state index is 13.0. The third-order valence-corrected chi connectivity index (χ3v) is 7.94. The van der Waals surface area contributed by atoms with Crippen LogP contribution in [0.4, 0.5) is 0 Å². The number of amides is 1. The van der Waals surface area contributed by atoms with E-state index < -0.39 is 0 Å². The number of thioether (sulfide) groups is 1. The summed E-state index contributed by atoms with van der Waals surface area (Å²) in [6, 6.07) is 10.3. The summed E-state index contributed by atoms with van der Waals surface area (Å²) in [4.78, 5) is 13.0. The van der Waals surface area contributed by atoms with Crippen molar-refractivity contribution in [2.75, 3.05) is 5.43 Å². The van der Waals surface area contributed by atoms with Crippen LogP contribution in [-0.4, -0.2) is 20.8 Å². The molecule has 28 heavy (non-hydrogen) atoms. The number of aromatic nitrogens is 3. The number of nitrogens with one attached hydrogen (secondary N) is 1. The Hall–Kier alpha value is -1.82. The van der Waals surface area contributed by atoms with Gasteiger partial charge in [0.2, 0.25) is 11.1 Å².